The number of aromatic nitrogens is 2. The Bertz CT molecular complexity index is 1120. The number of imidazole rings is 1. The van der Waals surface area contributed by atoms with E-state index in [-0.39, 0.29) is 5.82 Å². The minimum atomic E-state index is -0.385. The van der Waals surface area contributed by atoms with Gasteiger partial charge in [0.15, 0.2) is 10.2 Å². The molecule has 0 aliphatic rings. The topological polar surface area (TPSA) is 65.6 Å². The predicted octanol–water partition coefficient (Wildman–Crippen LogP) is 5.51. The number of allylic oxidation sites excluding steroid dienone is 1. The van der Waals surface area contributed by atoms with Gasteiger partial charge in [-0.1, -0.05) is 24.3 Å². The lowest BCUT2D eigenvalue weighted by atomic mass is 10.1. The largest absolute Gasteiger partial charge is 0.450 e. The van der Waals surface area contributed by atoms with Crippen LogP contribution in [0.1, 0.15) is 11.3 Å². The highest BCUT2D eigenvalue weighted by Crippen LogP contribution is 2.30. The summed E-state index contributed by atoms with van der Waals surface area (Å²) >= 11 is 1.36. The molecule has 0 aliphatic heterocycles. The number of nitrogens with one attached hydrogen (secondary N) is 1. The van der Waals surface area contributed by atoms with Crippen molar-refractivity contribution in [2.75, 3.05) is 0 Å². The number of nitriles is 1. The van der Waals surface area contributed by atoms with E-state index >= 15 is 0 Å². The summed E-state index contributed by atoms with van der Waals surface area (Å²) in [6.45, 7) is 0. The van der Waals surface area contributed by atoms with Gasteiger partial charge < -0.3 is 9.40 Å². The first-order valence-corrected chi connectivity index (χ1v) is 8.63. The molecule has 0 saturated carbocycles. The Kier molecular flexibility index (Phi) is 4.30. The van der Waals surface area contributed by atoms with Gasteiger partial charge in [0, 0.05) is 0 Å². The van der Waals surface area contributed by atoms with Gasteiger partial charge in [-0.15, -0.1) is 0 Å². The molecule has 4 rings (SSSR count). The number of aromatic amines is 1. The maximum Gasteiger partial charge on any atom is 0.174 e. The molecule has 0 unspecified atom stereocenters. The smallest absolute Gasteiger partial charge is 0.174 e. The number of nitrogens with zero attached hydrogens (tertiary/aromatic N) is 2. The molecular formula is C20H12FN3OS. The second-order valence-electron chi connectivity index (χ2n) is 5.50. The maximum atomic E-state index is 13.4. The standard InChI is InChI=1S/C20H12FN3OS/c21-15-5-3-4-13(10-15)14(12-22)11-16-8-9-19(25-16)26-20-23-17-6-1-2-7-18(17)24-20/h1-11H,(H,23,24)/b14-11+. The van der Waals surface area contributed by atoms with Crippen LogP contribution in [0.25, 0.3) is 22.7 Å². The van der Waals surface area contributed by atoms with Crippen LogP contribution in [0.3, 0.4) is 0 Å². The fourth-order valence-corrected chi connectivity index (χ4v) is 3.29. The lowest BCUT2D eigenvalue weighted by molar-refractivity contribution is 0.466. The number of H-pyrrole nitrogens is 1. The molecule has 1 N–H and O–H groups in total. The lowest BCUT2D eigenvalue weighted by Crippen LogP contribution is -1.83. The van der Waals surface area contributed by atoms with Crippen LogP contribution in [0.4, 0.5) is 4.39 Å². The molecule has 0 radical (unpaired) electrons. The minimum Gasteiger partial charge on any atom is -0.450 e. The molecule has 2 heterocycles. The fourth-order valence-electron chi connectivity index (χ4n) is 2.52. The molecule has 2 aromatic carbocycles. The van der Waals surface area contributed by atoms with Crippen molar-refractivity contribution in [3.05, 3.63) is 77.8 Å². The summed E-state index contributed by atoms with van der Waals surface area (Å²) in [5.74, 6) is 0.133. The van der Waals surface area contributed by atoms with Crippen molar-refractivity contribution < 1.29 is 8.81 Å². The van der Waals surface area contributed by atoms with Gasteiger partial charge in [0.25, 0.3) is 0 Å². The summed E-state index contributed by atoms with van der Waals surface area (Å²) in [5.41, 5.74) is 2.69. The molecule has 2 aromatic heterocycles. The number of benzene rings is 2. The summed E-state index contributed by atoms with van der Waals surface area (Å²) in [5, 5.41) is 10.7. The zero-order valence-corrected chi connectivity index (χ0v) is 14.3. The van der Waals surface area contributed by atoms with Crippen molar-refractivity contribution >= 4 is 34.4 Å². The molecular weight excluding hydrogens is 349 g/mol. The molecule has 0 spiro atoms. The van der Waals surface area contributed by atoms with E-state index < -0.39 is 0 Å². The molecule has 0 amide bonds. The van der Waals surface area contributed by atoms with Gasteiger partial charge in [-0.3, -0.25) is 0 Å². The van der Waals surface area contributed by atoms with E-state index in [1.165, 1.54) is 23.9 Å². The highest BCUT2D eigenvalue weighted by Gasteiger charge is 2.09. The first-order chi connectivity index (χ1) is 12.7. The summed E-state index contributed by atoms with van der Waals surface area (Å²) < 4.78 is 19.1. The Hall–Kier alpha value is -3.30. The summed E-state index contributed by atoms with van der Waals surface area (Å²) in [6, 6.07) is 19.3. The first-order valence-electron chi connectivity index (χ1n) is 7.81. The highest BCUT2D eigenvalue weighted by molar-refractivity contribution is 7.99. The number of rotatable bonds is 4. The molecule has 0 aliphatic carbocycles. The van der Waals surface area contributed by atoms with Crippen molar-refractivity contribution in [3.8, 4) is 6.07 Å². The molecule has 4 nitrogen and oxygen atoms in total. The highest BCUT2D eigenvalue weighted by atomic mass is 32.2. The molecule has 126 valence electrons. The Morgan fingerprint density at radius 2 is 2.04 bits per heavy atom. The average Bonchev–Trinajstić information content (AvgIpc) is 3.25. The third-order valence-corrected chi connectivity index (χ3v) is 4.52. The van der Waals surface area contributed by atoms with Gasteiger partial charge in [0.1, 0.15) is 11.6 Å². The van der Waals surface area contributed by atoms with Crippen LogP contribution in [0.5, 0.6) is 0 Å². The number of fused-ring (bicyclic) bond motifs is 1. The van der Waals surface area contributed by atoms with Crippen LogP contribution in [0.15, 0.2) is 75.3 Å². The van der Waals surface area contributed by atoms with Crippen molar-refractivity contribution in [2.45, 2.75) is 10.2 Å². The summed E-state index contributed by atoms with van der Waals surface area (Å²) in [7, 11) is 0. The molecule has 0 bridgehead atoms. The molecule has 0 fully saturated rings. The molecule has 6 heteroatoms. The van der Waals surface area contributed by atoms with Crippen LogP contribution < -0.4 is 0 Å². The Labute approximate surface area is 153 Å². The molecule has 4 aromatic rings. The van der Waals surface area contributed by atoms with Gasteiger partial charge >= 0.3 is 0 Å². The zero-order chi connectivity index (χ0) is 17.9. The van der Waals surface area contributed by atoms with Crippen molar-refractivity contribution in [1.29, 1.82) is 5.26 Å². The van der Waals surface area contributed by atoms with Crippen LogP contribution in [0, 0.1) is 17.1 Å². The second kappa shape index (κ2) is 6.90. The fraction of sp³-hybridized carbons (Fsp3) is 0. The Morgan fingerprint density at radius 3 is 2.85 bits per heavy atom. The number of furan rings is 1. The third-order valence-electron chi connectivity index (χ3n) is 3.71. The van der Waals surface area contributed by atoms with Crippen molar-refractivity contribution in [3.63, 3.8) is 0 Å². The maximum absolute atomic E-state index is 13.4. The minimum absolute atomic E-state index is 0.333. The van der Waals surface area contributed by atoms with E-state index in [0.29, 0.717) is 22.0 Å². The second-order valence-corrected chi connectivity index (χ2v) is 6.49. The first kappa shape index (κ1) is 16.2. The van der Waals surface area contributed by atoms with Crippen LogP contribution in [-0.4, -0.2) is 9.97 Å². The number of halogens is 1. The van der Waals surface area contributed by atoms with E-state index in [0.717, 1.165) is 16.2 Å². The van der Waals surface area contributed by atoms with Crippen molar-refractivity contribution in [1.82, 2.24) is 9.97 Å². The summed E-state index contributed by atoms with van der Waals surface area (Å²) in [6.07, 6.45) is 1.59. The van der Waals surface area contributed by atoms with E-state index in [2.05, 4.69) is 16.0 Å². The van der Waals surface area contributed by atoms with Crippen molar-refractivity contribution in [2.24, 2.45) is 0 Å². The lowest BCUT2D eigenvalue weighted by Gasteiger charge is -1.98. The quantitative estimate of drug-likeness (QED) is 0.487. The zero-order valence-electron chi connectivity index (χ0n) is 13.4. The van der Waals surface area contributed by atoms with Crippen LogP contribution >= 0.6 is 11.8 Å². The van der Waals surface area contributed by atoms with Gasteiger partial charge in [-0.2, -0.15) is 5.26 Å². The van der Waals surface area contributed by atoms with E-state index in [1.807, 2.05) is 30.3 Å². The SMILES string of the molecule is N#C/C(=C\c1ccc(Sc2nc3ccccc3[nH]2)o1)c1cccc(F)c1. The number of hydrogen-bond acceptors (Lipinski definition) is 4. The van der Waals surface area contributed by atoms with Gasteiger partial charge in [0.05, 0.1) is 22.7 Å². The monoisotopic (exact) mass is 361 g/mol. The Balaban J connectivity index is 1.58. The third kappa shape index (κ3) is 3.39. The number of hydrogen-bond donors (Lipinski definition) is 1. The van der Waals surface area contributed by atoms with Crippen LogP contribution in [-0.2, 0) is 0 Å². The molecule has 26 heavy (non-hydrogen) atoms. The van der Waals surface area contributed by atoms with E-state index in [1.54, 1.807) is 24.3 Å². The van der Waals surface area contributed by atoms with E-state index in [4.69, 9.17) is 4.42 Å². The van der Waals surface area contributed by atoms with Crippen LogP contribution in [0.2, 0.25) is 0 Å². The number of para-hydroxylation sites is 2. The van der Waals surface area contributed by atoms with Gasteiger partial charge in [-0.25, -0.2) is 9.37 Å². The van der Waals surface area contributed by atoms with Gasteiger partial charge in [0.2, 0.25) is 0 Å². The molecule has 0 atom stereocenters. The predicted molar refractivity (Wildman–Crippen MR) is 98.8 cm³/mol. The summed E-state index contributed by atoms with van der Waals surface area (Å²) in [4.78, 5) is 7.71. The van der Waals surface area contributed by atoms with Gasteiger partial charge in [-0.05, 0) is 59.8 Å². The Morgan fingerprint density at radius 1 is 1.15 bits per heavy atom. The normalized spacial score (nSPS) is 11.6. The van der Waals surface area contributed by atoms with E-state index in [9.17, 15) is 9.65 Å². The average molecular weight is 361 g/mol. The molecule has 0 saturated heterocycles.